The molecule has 60 valence electrons. The van der Waals surface area contributed by atoms with Crippen LogP contribution in [0.5, 0.6) is 0 Å². The van der Waals surface area contributed by atoms with E-state index in [1.807, 2.05) is 0 Å². The summed E-state index contributed by atoms with van der Waals surface area (Å²) in [5, 5.41) is 0. The summed E-state index contributed by atoms with van der Waals surface area (Å²) in [6, 6.07) is 0. The average molecular weight is 166 g/mol. The van der Waals surface area contributed by atoms with Crippen LogP contribution in [-0.4, -0.2) is 22.2 Å². The Kier molecular flexibility index (Phi) is 3.83. The molecule has 10 heavy (non-hydrogen) atoms. The Balaban J connectivity index is 3.73. The Morgan fingerprint density at radius 2 is 2.30 bits per heavy atom. The lowest BCUT2D eigenvalue weighted by Crippen LogP contribution is -2.08. The third kappa shape index (κ3) is 3.80. The predicted octanol–water partition coefficient (Wildman–Crippen LogP) is 0.713. The summed E-state index contributed by atoms with van der Waals surface area (Å²) < 4.78 is 15.0. The molecule has 1 unspecified atom stereocenters. The van der Waals surface area contributed by atoms with Crippen molar-refractivity contribution in [1.29, 1.82) is 0 Å². The van der Waals surface area contributed by atoms with Gasteiger partial charge in [0.25, 0.3) is 0 Å². The van der Waals surface area contributed by atoms with Crippen molar-refractivity contribution in [3.63, 3.8) is 0 Å². The maximum Gasteiger partial charge on any atom is 0.353 e. The average Bonchev–Trinajstić information content (AvgIpc) is 1.80. The fraction of sp³-hybridized carbons (Fsp3) is 0.600. The fourth-order valence-electron chi connectivity index (χ4n) is 0.304. The zero-order valence-corrected chi connectivity index (χ0v) is 6.62. The molecule has 0 saturated carbocycles. The second kappa shape index (κ2) is 3.88. The third-order valence-corrected chi connectivity index (χ3v) is 2.03. The minimum atomic E-state index is -4.06. The van der Waals surface area contributed by atoms with E-state index in [2.05, 4.69) is 11.3 Å². The van der Waals surface area contributed by atoms with E-state index in [9.17, 15) is 4.57 Å². The molecular weight excluding hydrogens is 155 g/mol. The van der Waals surface area contributed by atoms with E-state index in [4.69, 9.17) is 9.79 Å². The maximum absolute atomic E-state index is 10.4. The number of ether oxygens (including phenoxy) is 1. The quantitative estimate of drug-likeness (QED) is 0.476. The second-order valence-corrected chi connectivity index (χ2v) is 3.72. The van der Waals surface area contributed by atoms with Gasteiger partial charge in [0, 0.05) is 0 Å². The molecule has 0 aliphatic heterocycles. The van der Waals surface area contributed by atoms with Crippen LogP contribution in [0.25, 0.3) is 0 Å². The molecule has 4 nitrogen and oxygen atoms in total. The lowest BCUT2D eigenvalue weighted by Gasteiger charge is -2.12. The van der Waals surface area contributed by atoms with Gasteiger partial charge in [0.15, 0.2) is 5.85 Å². The van der Waals surface area contributed by atoms with E-state index in [0.29, 0.717) is 0 Å². The van der Waals surface area contributed by atoms with Gasteiger partial charge < -0.3 is 14.5 Å². The summed E-state index contributed by atoms with van der Waals surface area (Å²) in [6.45, 7) is 4.82. The van der Waals surface area contributed by atoms with E-state index in [1.54, 1.807) is 0 Å². The highest BCUT2D eigenvalue weighted by Gasteiger charge is 2.23. The molecule has 0 heterocycles. The van der Waals surface area contributed by atoms with Crippen LogP contribution in [-0.2, 0) is 9.30 Å². The van der Waals surface area contributed by atoms with E-state index in [-0.39, 0.29) is 6.61 Å². The summed E-state index contributed by atoms with van der Waals surface area (Å²) in [5.41, 5.74) is 0. The van der Waals surface area contributed by atoms with Crippen molar-refractivity contribution in [2.45, 2.75) is 12.8 Å². The smallest absolute Gasteiger partial charge is 0.353 e. The number of hydrogen-bond acceptors (Lipinski definition) is 2. The monoisotopic (exact) mass is 166 g/mol. The largest absolute Gasteiger partial charge is 0.362 e. The first-order valence-corrected chi connectivity index (χ1v) is 4.44. The van der Waals surface area contributed by atoms with Crippen LogP contribution in [0.2, 0.25) is 0 Å². The molecule has 0 saturated heterocycles. The van der Waals surface area contributed by atoms with Gasteiger partial charge in [0.1, 0.15) is 0 Å². The summed E-state index contributed by atoms with van der Waals surface area (Å²) in [5.74, 6) is -1.04. The molecule has 0 aromatic carbocycles. The molecule has 2 N–H and O–H groups in total. The van der Waals surface area contributed by atoms with E-state index in [1.165, 1.54) is 13.0 Å². The lowest BCUT2D eigenvalue weighted by molar-refractivity contribution is 0.120. The lowest BCUT2D eigenvalue weighted by atomic mass is 10.7. The Morgan fingerprint density at radius 3 is 2.60 bits per heavy atom. The molecule has 0 spiro atoms. The van der Waals surface area contributed by atoms with Crippen molar-refractivity contribution >= 4 is 7.60 Å². The van der Waals surface area contributed by atoms with Crippen molar-refractivity contribution in [2.24, 2.45) is 0 Å². The fourth-order valence-corrected chi connectivity index (χ4v) is 0.585. The summed E-state index contributed by atoms with van der Waals surface area (Å²) in [4.78, 5) is 16.9. The summed E-state index contributed by atoms with van der Waals surface area (Å²) in [6.07, 6.45) is 1.44. The Hall–Kier alpha value is -0.150. The highest BCUT2D eigenvalue weighted by atomic mass is 31.2. The Labute approximate surface area is 59.7 Å². The molecule has 1 atom stereocenters. The number of rotatable bonds is 4. The molecule has 0 rings (SSSR count). The van der Waals surface area contributed by atoms with Crippen LogP contribution < -0.4 is 0 Å². The van der Waals surface area contributed by atoms with Gasteiger partial charge in [-0.3, -0.25) is 4.57 Å². The van der Waals surface area contributed by atoms with Gasteiger partial charge in [-0.15, -0.1) is 6.58 Å². The molecular formula is C5H11O4P. The molecule has 0 bridgehead atoms. The summed E-state index contributed by atoms with van der Waals surface area (Å²) >= 11 is 0. The minimum absolute atomic E-state index is 0.159. The first kappa shape index (κ1) is 9.85. The van der Waals surface area contributed by atoms with Gasteiger partial charge >= 0.3 is 7.60 Å². The molecule has 0 aliphatic carbocycles. The van der Waals surface area contributed by atoms with Crippen LogP contribution >= 0.6 is 7.60 Å². The molecule has 0 radical (unpaired) electrons. The first-order valence-electron chi connectivity index (χ1n) is 2.76. The van der Waals surface area contributed by atoms with Crippen molar-refractivity contribution in [2.75, 3.05) is 6.61 Å². The molecule has 5 heteroatoms. The summed E-state index contributed by atoms with van der Waals surface area (Å²) in [7, 11) is -4.06. The third-order valence-electron chi connectivity index (χ3n) is 0.929. The van der Waals surface area contributed by atoms with Gasteiger partial charge in [0.2, 0.25) is 0 Å². The predicted molar refractivity (Wildman–Crippen MR) is 37.7 cm³/mol. The Morgan fingerprint density at radius 1 is 1.80 bits per heavy atom. The van der Waals surface area contributed by atoms with Crippen LogP contribution in [0.1, 0.15) is 6.92 Å². The first-order chi connectivity index (χ1) is 4.48. The van der Waals surface area contributed by atoms with Crippen molar-refractivity contribution in [3.05, 3.63) is 12.7 Å². The van der Waals surface area contributed by atoms with Crippen molar-refractivity contribution in [3.8, 4) is 0 Å². The zero-order valence-electron chi connectivity index (χ0n) is 5.73. The van der Waals surface area contributed by atoms with Crippen molar-refractivity contribution in [1.82, 2.24) is 0 Å². The van der Waals surface area contributed by atoms with Crippen LogP contribution in [0.3, 0.4) is 0 Å². The van der Waals surface area contributed by atoms with Gasteiger partial charge in [-0.2, -0.15) is 0 Å². The molecule has 0 amide bonds. The minimum Gasteiger partial charge on any atom is -0.362 e. The van der Waals surface area contributed by atoms with E-state index < -0.39 is 13.4 Å². The second-order valence-electron chi connectivity index (χ2n) is 1.81. The van der Waals surface area contributed by atoms with Gasteiger partial charge in [-0.05, 0) is 6.92 Å². The maximum atomic E-state index is 10.4. The van der Waals surface area contributed by atoms with Gasteiger partial charge in [-0.25, -0.2) is 0 Å². The zero-order chi connectivity index (χ0) is 8.20. The molecule has 0 aliphatic rings. The van der Waals surface area contributed by atoms with Crippen molar-refractivity contribution < 1.29 is 19.1 Å². The van der Waals surface area contributed by atoms with E-state index in [0.717, 1.165) is 0 Å². The molecule has 0 fully saturated rings. The Bertz CT molecular complexity index is 150. The normalized spacial score (nSPS) is 14.7. The van der Waals surface area contributed by atoms with Crippen LogP contribution in [0.15, 0.2) is 12.7 Å². The van der Waals surface area contributed by atoms with Gasteiger partial charge in [0.05, 0.1) is 6.61 Å². The standard InChI is InChI=1S/C5H11O4P/c1-3-4-9-5(2)10(6,7)8/h3,5H,1,4H2,2H3,(H2,6,7,8). The number of hydrogen-bond donors (Lipinski definition) is 2. The van der Waals surface area contributed by atoms with Crippen LogP contribution in [0, 0.1) is 0 Å². The highest BCUT2D eigenvalue weighted by Crippen LogP contribution is 2.41. The topological polar surface area (TPSA) is 66.8 Å². The van der Waals surface area contributed by atoms with Crippen LogP contribution in [0.4, 0.5) is 0 Å². The SMILES string of the molecule is C=CCOC(C)P(=O)(O)O. The molecule has 0 aromatic rings. The molecule has 0 aromatic heterocycles. The van der Waals surface area contributed by atoms with Gasteiger partial charge in [-0.1, -0.05) is 6.08 Å². The highest BCUT2D eigenvalue weighted by molar-refractivity contribution is 7.52. The van der Waals surface area contributed by atoms with E-state index >= 15 is 0 Å².